The number of pyridine rings is 1. The monoisotopic (exact) mass is 459 g/mol. The summed E-state index contributed by atoms with van der Waals surface area (Å²) >= 11 is 5.23. The van der Waals surface area contributed by atoms with Crippen LogP contribution in [0.15, 0.2) is 59.5 Å². The van der Waals surface area contributed by atoms with E-state index in [4.69, 9.17) is 0 Å². The minimum Gasteiger partial charge on any atom is -0.314 e. The van der Waals surface area contributed by atoms with Crippen LogP contribution >= 0.6 is 52.7 Å². The van der Waals surface area contributed by atoms with E-state index in [1.54, 1.807) is 22.7 Å². The topological polar surface area (TPSA) is 38.1 Å². The molecule has 4 rings (SSSR count). The van der Waals surface area contributed by atoms with Gasteiger partial charge in [0.25, 0.3) is 0 Å². The molecular formula is C17H16BrCl2N3OS. The zero-order valence-corrected chi connectivity index (χ0v) is 17.1. The van der Waals surface area contributed by atoms with Crippen LogP contribution in [0, 0.1) is 5.92 Å². The van der Waals surface area contributed by atoms with E-state index in [1.165, 1.54) is 0 Å². The van der Waals surface area contributed by atoms with E-state index in [0.29, 0.717) is 6.54 Å². The molecule has 0 saturated carbocycles. The number of halogens is 3. The molecule has 0 bridgehead atoms. The molecule has 0 radical (unpaired) electrons. The van der Waals surface area contributed by atoms with E-state index < -0.39 is 0 Å². The first kappa shape index (κ1) is 20.1. The molecule has 0 aliphatic carbocycles. The van der Waals surface area contributed by atoms with Gasteiger partial charge in [0, 0.05) is 34.6 Å². The summed E-state index contributed by atoms with van der Waals surface area (Å²) in [6.07, 6.45) is 5.47. The summed E-state index contributed by atoms with van der Waals surface area (Å²) in [5.74, 6) is 0.924. The zero-order chi connectivity index (χ0) is 15.8. The molecule has 0 N–H and O–H groups in total. The number of carbonyl (C=O) groups excluding carboxylic acids is 1. The highest BCUT2D eigenvalue weighted by Gasteiger charge is 2.31. The van der Waals surface area contributed by atoms with E-state index in [0.717, 1.165) is 26.8 Å². The summed E-state index contributed by atoms with van der Waals surface area (Å²) < 4.78 is 4.94. The second kappa shape index (κ2) is 8.45. The second-order valence-electron chi connectivity index (χ2n) is 5.46. The minimum atomic E-state index is -0.0187. The van der Waals surface area contributed by atoms with Crippen LogP contribution in [0.3, 0.4) is 0 Å². The molecule has 3 aromatic rings. The summed E-state index contributed by atoms with van der Waals surface area (Å²) in [5, 5.41) is 1.07. The number of aromatic nitrogens is 2. The van der Waals surface area contributed by atoms with Crippen molar-refractivity contribution in [2.45, 2.75) is 0 Å². The number of nitrogens with zero attached hydrogens (tertiary/aromatic N) is 3. The molecule has 1 aliphatic heterocycles. The van der Waals surface area contributed by atoms with Crippen LogP contribution in [0.4, 0.5) is 5.69 Å². The Morgan fingerprint density at radius 1 is 1.20 bits per heavy atom. The summed E-state index contributed by atoms with van der Waals surface area (Å²) in [4.78, 5) is 17.1. The molecule has 1 fully saturated rings. The van der Waals surface area contributed by atoms with Crippen molar-refractivity contribution in [1.29, 1.82) is 0 Å². The van der Waals surface area contributed by atoms with Crippen molar-refractivity contribution in [2.24, 2.45) is 5.92 Å². The van der Waals surface area contributed by atoms with Crippen molar-refractivity contribution in [1.82, 2.24) is 9.55 Å². The van der Waals surface area contributed by atoms with Gasteiger partial charge in [-0.1, -0.05) is 22.0 Å². The van der Waals surface area contributed by atoms with E-state index >= 15 is 0 Å². The molecule has 2 aromatic heterocycles. The molecule has 1 saturated heterocycles. The molecule has 1 aliphatic rings. The van der Waals surface area contributed by atoms with Gasteiger partial charge in [-0.15, -0.1) is 24.8 Å². The van der Waals surface area contributed by atoms with E-state index in [-0.39, 0.29) is 36.6 Å². The standard InChI is InChI=1S/C17H14BrN3OS.2ClH/c18-15-4-1-5-16-14(15)6-8-20(16)17(22)12-10-21(23-11-12)13-3-2-7-19-9-13;;/h1-9,12H,10-11H2;2*1H. The van der Waals surface area contributed by atoms with Crippen molar-refractivity contribution < 1.29 is 4.79 Å². The lowest BCUT2D eigenvalue weighted by Gasteiger charge is -2.16. The maximum atomic E-state index is 12.9. The SMILES string of the molecule is Cl.Cl.O=C(C1CSN(c2cccnc2)C1)n1ccc2c(Br)cccc21. The number of hydrogen-bond acceptors (Lipinski definition) is 4. The van der Waals surface area contributed by atoms with Gasteiger partial charge in [-0.3, -0.25) is 14.3 Å². The Balaban J connectivity index is 0.00000113. The predicted octanol–water partition coefficient (Wildman–Crippen LogP) is 5.07. The van der Waals surface area contributed by atoms with E-state index in [1.807, 2.05) is 48.8 Å². The summed E-state index contributed by atoms with van der Waals surface area (Å²) in [6, 6.07) is 11.9. The highest BCUT2D eigenvalue weighted by molar-refractivity contribution is 9.10. The Morgan fingerprint density at radius 3 is 2.80 bits per heavy atom. The number of anilines is 1. The molecule has 1 aromatic carbocycles. The van der Waals surface area contributed by atoms with Crippen molar-refractivity contribution in [3.63, 3.8) is 0 Å². The predicted molar refractivity (Wildman–Crippen MR) is 112 cm³/mol. The van der Waals surface area contributed by atoms with Crippen LogP contribution < -0.4 is 4.31 Å². The lowest BCUT2D eigenvalue weighted by Crippen LogP contribution is -2.26. The Labute approximate surface area is 171 Å². The van der Waals surface area contributed by atoms with Crippen LogP contribution in [0.2, 0.25) is 0 Å². The first-order valence-electron chi connectivity index (χ1n) is 7.34. The largest absolute Gasteiger partial charge is 0.314 e. The Kier molecular flexibility index (Phi) is 6.79. The van der Waals surface area contributed by atoms with Gasteiger partial charge in [0.05, 0.1) is 23.3 Å². The average Bonchev–Trinajstić information content (AvgIpc) is 3.23. The Hall–Kier alpha value is -1.21. The highest BCUT2D eigenvalue weighted by Crippen LogP contribution is 2.33. The molecule has 1 unspecified atom stereocenters. The Morgan fingerprint density at radius 2 is 2.04 bits per heavy atom. The van der Waals surface area contributed by atoms with Crippen LogP contribution in [-0.2, 0) is 0 Å². The summed E-state index contributed by atoms with van der Waals surface area (Å²) in [5.41, 5.74) is 2.00. The Bertz CT molecular complexity index is 875. The van der Waals surface area contributed by atoms with Crippen LogP contribution in [0.5, 0.6) is 0 Å². The fraction of sp³-hybridized carbons (Fsp3) is 0.176. The van der Waals surface area contributed by atoms with E-state index in [2.05, 4.69) is 25.2 Å². The second-order valence-corrected chi connectivity index (χ2v) is 7.35. The van der Waals surface area contributed by atoms with Crippen molar-refractivity contribution in [3.8, 4) is 0 Å². The van der Waals surface area contributed by atoms with Crippen LogP contribution in [0.25, 0.3) is 10.9 Å². The summed E-state index contributed by atoms with van der Waals surface area (Å²) in [6.45, 7) is 0.711. The molecule has 1 atom stereocenters. The first-order valence-corrected chi connectivity index (χ1v) is 9.08. The average molecular weight is 461 g/mol. The number of carbonyl (C=O) groups is 1. The van der Waals surface area contributed by atoms with Crippen molar-refractivity contribution in [3.05, 3.63) is 59.5 Å². The van der Waals surface area contributed by atoms with Gasteiger partial charge in [0.2, 0.25) is 5.91 Å². The number of benzene rings is 1. The maximum Gasteiger partial charge on any atom is 0.236 e. The fourth-order valence-corrected chi connectivity index (χ4v) is 4.47. The van der Waals surface area contributed by atoms with Gasteiger partial charge >= 0.3 is 0 Å². The van der Waals surface area contributed by atoms with Crippen molar-refractivity contribution in [2.75, 3.05) is 16.6 Å². The summed E-state index contributed by atoms with van der Waals surface area (Å²) in [7, 11) is 0. The van der Waals surface area contributed by atoms with Gasteiger partial charge in [-0.05, 0) is 42.3 Å². The molecule has 4 nitrogen and oxygen atoms in total. The normalized spacial score (nSPS) is 16.4. The molecule has 3 heterocycles. The third-order valence-corrected chi connectivity index (χ3v) is 5.93. The van der Waals surface area contributed by atoms with Crippen LogP contribution in [-0.4, -0.2) is 27.8 Å². The van der Waals surface area contributed by atoms with Crippen molar-refractivity contribution >= 4 is 75.2 Å². The molecule has 0 spiro atoms. The highest BCUT2D eigenvalue weighted by atomic mass is 79.9. The zero-order valence-electron chi connectivity index (χ0n) is 13.0. The number of hydrogen-bond donors (Lipinski definition) is 0. The van der Waals surface area contributed by atoms with Crippen LogP contribution in [0.1, 0.15) is 4.79 Å². The lowest BCUT2D eigenvalue weighted by atomic mass is 10.1. The lowest BCUT2D eigenvalue weighted by molar-refractivity contribution is 0.0862. The molecule has 25 heavy (non-hydrogen) atoms. The quantitative estimate of drug-likeness (QED) is 0.500. The third-order valence-electron chi connectivity index (χ3n) is 4.02. The third kappa shape index (κ3) is 3.82. The number of rotatable bonds is 2. The minimum absolute atomic E-state index is 0. The van der Waals surface area contributed by atoms with Gasteiger partial charge in [-0.2, -0.15) is 0 Å². The molecule has 0 amide bonds. The maximum absolute atomic E-state index is 12.9. The fourth-order valence-electron chi connectivity index (χ4n) is 2.84. The van der Waals surface area contributed by atoms with Gasteiger partial charge in [-0.25, -0.2) is 0 Å². The molecule has 8 heteroatoms. The first-order chi connectivity index (χ1) is 11.2. The van der Waals surface area contributed by atoms with Gasteiger partial charge in [0.1, 0.15) is 0 Å². The smallest absolute Gasteiger partial charge is 0.236 e. The molecular weight excluding hydrogens is 445 g/mol. The number of fused-ring (bicyclic) bond motifs is 1. The van der Waals surface area contributed by atoms with E-state index in [9.17, 15) is 4.79 Å². The van der Waals surface area contributed by atoms with Gasteiger partial charge in [0.15, 0.2) is 0 Å². The van der Waals surface area contributed by atoms with Gasteiger partial charge < -0.3 is 4.31 Å². The molecule has 132 valence electrons.